The highest BCUT2D eigenvalue weighted by molar-refractivity contribution is 9.10. The number of nitriles is 2. The third kappa shape index (κ3) is 5.53. The summed E-state index contributed by atoms with van der Waals surface area (Å²) in [5.74, 6) is -0.948. The van der Waals surface area contributed by atoms with Gasteiger partial charge in [0, 0.05) is 5.56 Å². The number of ether oxygens (including phenoxy) is 1. The number of amides is 1. The SMILES string of the molecule is N#Cc1ccc(C(=O)N/N=C/c2ccc(OCc3ccccc3C#N)c(Br)c2)c(F)c1. The standard InChI is InChI=1S/C23H14BrFN4O2/c24-20-9-16(6-8-22(20)31-14-18-4-2-1-3-17(18)12-27)13-28-29-23(30)19-7-5-15(11-26)10-21(19)25/h1-10,13H,14H2,(H,29,30)/b28-13+. The number of rotatable bonds is 6. The van der Waals surface area contributed by atoms with Crippen LogP contribution in [0, 0.1) is 28.5 Å². The number of carbonyl (C=O) groups is 1. The highest BCUT2D eigenvalue weighted by Gasteiger charge is 2.11. The zero-order valence-electron chi connectivity index (χ0n) is 16.0. The monoisotopic (exact) mass is 476 g/mol. The molecule has 31 heavy (non-hydrogen) atoms. The van der Waals surface area contributed by atoms with Gasteiger partial charge in [0.2, 0.25) is 0 Å². The van der Waals surface area contributed by atoms with E-state index in [2.05, 4.69) is 32.5 Å². The number of benzene rings is 3. The molecule has 0 bridgehead atoms. The van der Waals surface area contributed by atoms with Crippen molar-refractivity contribution in [1.82, 2.24) is 5.43 Å². The predicted octanol–water partition coefficient (Wildman–Crippen LogP) is 4.67. The summed E-state index contributed by atoms with van der Waals surface area (Å²) >= 11 is 3.42. The first-order chi connectivity index (χ1) is 15.0. The zero-order chi connectivity index (χ0) is 22.2. The molecule has 6 nitrogen and oxygen atoms in total. The van der Waals surface area contributed by atoms with E-state index in [-0.39, 0.29) is 17.7 Å². The van der Waals surface area contributed by atoms with E-state index in [1.54, 1.807) is 36.4 Å². The summed E-state index contributed by atoms with van der Waals surface area (Å²) < 4.78 is 20.3. The van der Waals surface area contributed by atoms with Crippen LogP contribution in [0.15, 0.2) is 70.2 Å². The van der Waals surface area contributed by atoms with E-state index in [4.69, 9.17) is 15.3 Å². The Morgan fingerprint density at radius 1 is 1.13 bits per heavy atom. The maximum atomic E-state index is 13.9. The first-order valence-corrected chi connectivity index (χ1v) is 9.74. The van der Waals surface area contributed by atoms with Crippen molar-refractivity contribution in [3.63, 3.8) is 0 Å². The van der Waals surface area contributed by atoms with Gasteiger partial charge in [0.1, 0.15) is 18.2 Å². The number of halogens is 2. The van der Waals surface area contributed by atoms with Crippen molar-refractivity contribution in [1.29, 1.82) is 10.5 Å². The minimum Gasteiger partial charge on any atom is -0.488 e. The van der Waals surface area contributed by atoms with Gasteiger partial charge in [0.15, 0.2) is 0 Å². The number of nitrogens with zero attached hydrogens (tertiary/aromatic N) is 3. The molecule has 0 aliphatic heterocycles. The van der Waals surface area contributed by atoms with Crippen molar-refractivity contribution in [2.45, 2.75) is 6.61 Å². The van der Waals surface area contributed by atoms with Crippen molar-refractivity contribution in [2.75, 3.05) is 0 Å². The number of hydrazone groups is 1. The zero-order valence-corrected chi connectivity index (χ0v) is 17.6. The van der Waals surface area contributed by atoms with Gasteiger partial charge in [-0.15, -0.1) is 0 Å². The summed E-state index contributed by atoms with van der Waals surface area (Å²) in [6.07, 6.45) is 1.40. The number of nitrogens with one attached hydrogen (secondary N) is 1. The Bertz CT molecular complexity index is 1250. The number of hydrogen-bond donors (Lipinski definition) is 1. The van der Waals surface area contributed by atoms with Crippen molar-refractivity contribution in [3.8, 4) is 17.9 Å². The van der Waals surface area contributed by atoms with E-state index in [0.29, 0.717) is 21.3 Å². The Balaban J connectivity index is 1.62. The van der Waals surface area contributed by atoms with Gasteiger partial charge in [-0.3, -0.25) is 4.79 Å². The van der Waals surface area contributed by atoms with Crippen molar-refractivity contribution >= 4 is 28.1 Å². The van der Waals surface area contributed by atoms with E-state index in [1.165, 1.54) is 18.3 Å². The van der Waals surface area contributed by atoms with Crippen LogP contribution in [-0.2, 0) is 6.61 Å². The molecule has 1 amide bonds. The van der Waals surface area contributed by atoms with Crippen LogP contribution in [0.2, 0.25) is 0 Å². The summed E-state index contributed by atoms with van der Waals surface area (Å²) in [4.78, 5) is 12.0. The maximum Gasteiger partial charge on any atom is 0.274 e. The average molecular weight is 477 g/mol. The van der Waals surface area contributed by atoms with Crippen molar-refractivity contribution in [2.24, 2.45) is 5.10 Å². The highest BCUT2D eigenvalue weighted by Crippen LogP contribution is 2.26. The van der Waals surface area contributed by atoms with E-state index < -0.39 is 11.7 Å². The van der Waals surface area contributed by atoms with E-state index in [1.807, 2.05) is 12.1 Å². The lowest BCUT2D eigenvalue weighted by molar-refractivity contribution is 0.0951. The molecule has 0 spiro atoms. The topological polar surface area (TPSA) is 98.3 Å². The van der Waals surface area contributed by atoms with Gasteiger partial charge in [0.25, 0.3) is 5.91 Å². The molecule has 0 heterocycles. The summed E-state index contributed by atoms with van der Waals surface area (Å²) in [5.41, 5.74) is 4.16. The minimum atomic E-state index is -0.797. The lowest BCUT2D eigenvalue weighted by atomic mass is 10.1. The second kappa shape index (κ2) is 10.1. The van der Waals surface area contributed by atoms with Crippen molar-refractivity contribution in [3.05, 3.63) is 98.8 Å². The summed E-state index contributed by atoms with van der Waals surface area (Å²) in [6.45, 7) is 0.238. The summed E-state index contributed by atoms with van der Waals surface area (Å²) in [7, 11) is 0. The van der Waals surface area contributed by atoms with Crippen LogP contribution in [-0.4, -0.2) is 12.1 Å². The molecule has 8 heteroatoms. The van der Waals surface area contributed by atoms with E-state index >= 15 is 0 Å². The fourth-order valence-corrected chi connectivity index (χ4v) is 3.13. The summed E-state index contributed by atoms with van der Waals surface area (Å²) in [5, 5.41) is 21.7. The molecule has 3 aromatic carbocycles. The van der Waals surface area contributed by atoms with Crippen LogP contribution >= 0.6 is 15.9 Å². The Labute approximate surface area is 186 Å². The molecule has 0 radical (unpaired) electrons. The molecule has 0 aliphatic rings. The molecule has 152 valence electrons. The first kappa shape index (κ1) is 21.7. The molecule has 0 unspecified atom stereocenters. The number of hydrogen-bond acceptors (Lipinski definition) is 5. The molecule has 0 fully saturated rings. The van der Waals surface area contributed by atoms with Crippen LogP contribution in [0.4, 0.5) is 4.39 Å². The van der Waals surface area contributed by atoms with Crippen LogP contribution in [0.5, 0.6) is 5.75 Å². The van der Waals surface area contributed by atoms with E-state index in [0.717, 1.165) is 11.6 Å². The maximum absolute atomic E-state index is 13.9. The Hall–Kier alpha value is -4.01. The van der Waals surface area contributed by atoms with Crippen LogP contribution in [0.3, 0.4) is 0 Å². The van der Waals surface area contributed by atoms with Gasteiger partial charge in [0.05, 0.1) is 39.5 Å². The molecule has 1 N–H and O–H groups in total. The minimum absolute atomic E-state index is 0.126. The Morgan fingerprint density at radius 2 is 1.94 bits per heavy atom. The van der Waals surface area contributed by atoms with E-state index in [9.17, 15) is 9.18 Å². The fourth-order valence-electron chi connectivity index (χ4n) is 2.62. The second-order valence-corrected chi connectivity index (χ2v) is 7.11. The quantitative estimate of drug-likeness (QED) is 0.412. The average Bonchev–Trinajstić information content (AvgIpc) is 2.78. The lowest BCUT2D eigenvalue weighted by Crippen LogP contribution is -2.19. The third-order valence-corrected chi connectivity index (χ3v) is 4.82. The molecule has 0 aliphatic carbocycles. The van der Waals surface area contributed by atoms with Crippen molar-refractivity contribution < 1.29 is 13.9 Å². The normalized spacial score (nSPS) is 10.3. The molecule has 0 aromatic heterocycles. The fraction of sp³-hybridized carbons (Fsp3) is 0.0435. The first-order valence-electron chi connectivity index (χ1n) is 8.95. The smallest absolute Gasteiger partial charge is 0.274 e. The third-order valence-electron chi connectivity index (χ3n) is 4.20. The van der Waals surface area contributed by atoms with Gasteiger partial charge >= 0.3 is 0 Å². The predicted molar refractivity (Wildman–Crippen MR) is 116 cm³/mol. The largest absolute Gasteiger partial charge is 0.488 e. The highest BCUT2D eigenvalue weighted by atomic mass is 79.9. The Kier molecular flexibility index (Phi) is 7.10. The van der Waals surface area contributed by atoms with Gasteiger partial charge < -0.3 is 4.74 Å². The molecule has 0 saturated heterocycles. The second-order valence-electron chi connectivity index (χ2n) is 6.25. The molecular formula is C23H14BrFN4O2. The van der Waals surface area contributed by atoms with Gasteiger partial charge in [-0.1, -0.05) is 18.2 Å². The van der Waals surface area contributed by atoms with Crippen LogP contribution in [0.1, 0.15) is 32.6 Å². The molecule has 3 rings (SSSR count). The number of carbonyl (C=O) groups excluding carboxylic acids is 1. The lowest BCUT2D eigenvalue weighted by Gasteiger charge is -2.10. The summed E-state index contributed by atoms with van der Waals surface area (Å²) in [6, 6.07) is 19.9. The molecule has 0 atom stereocenters. The van der Waals surface area contributed by atoms with Crippen LogP contribution in [0.25, 0.3) is 0 Å². The van der Waals surface area contributed by atoms with Gasteiger partial charge in [-0.2, -0.15) is 15.6 Å². The van der Waals surface area contributed by atoms with Gasteiger partial charge in [-0.25, -0.2) is 9.82 Å². The Morgan fingerprint density at radius 3 is 2.65 bits per heavy atom. The van der Waals surface area contributed by atoms with Crippen LogP contribution < -0.4 is 10.2 Å². The molecular weight excluding hydrogens is 463 g/mol. The molecule has 0 saturated carbocycles. The molecule has 3 aromatic rings. The van der Waals surface area contributed by atoms with Gasteiger partial charge in [-0.05, 0) is 64.0 Å².